The molecule has 0 aliphatic rings. The van der Waals surface area contributed by atoms with Crippen molar-refractivity contribution >= 4 is 15.9 Å². The minimum atomic E-state index is -3.84. The van der Waals surface area contributed by atoms with E-state index in [9.17, 15) is 13.2 Å². The first-order valence-electron chi connectivity index (χ1n) is 10.4. The second kappa shape index (κ2) is 10.9. The quantitative estimate of drug-likeness (QED) is 0.472. The van der Waals surface area contributed by atoms with E-state index in [1.807, 2.05) is 30.3 Å². The van der Waals surface area contributed by atoms with E-state index in [0.29, 0.717) is 12.5 Å². The molecule has 2 aromatic carbocycles. The lowest BCUT2D eigenvalue weighted by atomic mass is 10.2. The number of ether oxygens (including phenoxy) is 2. The Morgan fingerprint density at radius 1 is 1.03 bits per heavy atom. The fourth-order valence-corrected chi connectivity index (χ4v) is 4.50. The van der Waals surface area contributed by atoms with Crippen LogP contribution in [0, 0.1) is 0 Å². The summed E-state index contributed by atoms with van der Waals surface area (Å²) in [5.41, 5.74) is 2.02. The lowest BCUT2D eigenvalue weighted by Crippen LogP contribution is -2.31. The maximum Gasteiger partial charge on any atom is 0.251 e. The van der Waals surface area contributed by atoms with Crippen molar-refractivity contribution in [1.82, 2.24) is 15.0 Å². The Kier molecular flexibility index (Phi) is 8.02. The highest BCUT2D eigenvalue weighted by Gasteiger charge is 2.22. The third kappa shape index (κ3) is 6.77. The minimum Gasteiger partial charge on any atom is -0.495 e. The molecule has 3 aromatic rings. The Labute approximate surface area is 194 Å². The van der Waals surface area contributed by atoms with E-state index in [2.05, 4.69) is 15.0 Å². The predicted octanol–water partition coefficient (Wildman–Crippen LogP) is 3.29. The Balaban J connectivity index is 1.68. The van der Waals surface area contributed by atoms with Gasteiger partial charge in [-0.2, -0.15) is 0 Å². The summed E-state index contributed by atoms with van der Waals surface area (Å²) in [6.45, 7) is 4.04. The highest BCUT2D eigenvalue weighted by atomic mass is 32.2. The molecule has 0 aliphatic carbocycles. The predicted molar refractivity (Wildman–Crippen MR) is 125 cm³/mol. The van der Waals surface area contributed by atoms with Gasteiger partial charge < -0.3 is 14.8 Å². The van der Waals surface area contributed by atoms with Gasteiger partial charge in [0.05, 0.1) is 7.11 Å². The summed E-state index contributed by atoms with van der Waals surface area (Å²) in [4.78, 5) is 16.8. The Morgan fingerprint density at radius 2 is 1.79 bits per heavy atom. The van der Waals surface area contributed by atoms with E-state index in [1.165, 1.54) is 25.3 Å². The third-order valence-corrected chi connectivity index (χ3v) is 6.27. The Morgan fingerprint density at radius 3 is 2.48 bits per heavy atom. The van der Waals surface area contributed by atoms with Crippen LogP contribution >= 0.6 is 0 Å². The van der Waals surface area contributed by atoms with Gasteiger partial charge in [-0.05, 0) is 49.2 Å². The van der Waals surface area contributed by atoms with Crippen LogP contribution in [0.4, 0.5) is 0 Å². The van der Waals surface area contributed by atoms with E-state index >= 15 is 0 Å². The van der Waals surface area contributed by atoms with Crippen LogP contribution in [0.2, 0.25) is 0 Å². The van der Waals surface area contributed by atoms with Crippen LogP contribution in [0.3, 0.4) is 0 Å². The minimum absolute atomic E-state index is 0.0909. The zero-order valence-electron chi connectivity index (χ0n) is 18.7. The zero-order valence-corrected chi connectivity index (χ0v) is 19.6. The fraction of sp³-hybridized carbons (Fsp3) is 0.250. The summed E-state index contributed by atoms with van der Waals surface area (Å²) in [6, 6.07) is 17.2. The number of carbonyl (C=O) groups is 1. The van der Waals surface area contributed by atoms with Crippen molar-refractivity contribution in [3.05, 3.63) is 83.6 Å². The molecule has 9 heteroatoms. The molecule has 0 atom stereocenters. The first-order valence-corrected chi connectivity index (χ1v) is 11.9. The second-order valence-electron chi connectivity index (χ2n) is 7.60. The number of benzene rings is 2. The van der Waals surface area contributed by atoms with Gasteiger partial charge in [0.25, 0.3) is 5.91 Å². The van der Waals surface area contributed by atoms with Crippen LogP contribution in [-0.2, 0) is 23.2 Å². The first-order chi connectivity index (χ1) is 15.8. The molecule has 1 aromatic heterocycles. The van der Waals surface area contributed by atoms with Gasteiger partial charge in [-0.15, -0.1) is 0 Å². The van der Waals surface area contributed by atoms with Gasteiger partial charge in [0.2, 0.25) is 15.9 Å². The Hall–Kier alpha value is -3.43. The molecular weight excluding hydrogens is 442 g/mol. The second-order valence-corrected chi connectivity index (χ2v) is 9.28. The van der Waals surface area contributed by atoms with Crippen molar-refractivity contribution < 1.29 is 22.7 Å². The molecule has 0 aliphatic heterocycles. The SMILES string of the molecule is COc1ccc(C(=O)NCc2ccnc(OCc3ccccc3)c2)cc1S(=O)(=O)NC(C)C. The van der Waals surface area contributed by atoms with E-state index in [1.54, 1.807) is 32.2 Å². The van der Waals surface area contributed by atoms with E-state index in [4.69, 9.17) is 9.47 Å². The summed E-state index contributed by atoms with van der Waals surface area (Å²) < 4.78 is 38.7. The number of carbonyl (C=O) groups excluding carboxylic acids is 1. The molecule has 174 valence electrons. The van der Waals surface area contributed by atoms with Crippen molar-refractivity contribution in [2.24, 2.45) is 0 Å². The van der Waals surface area contributed by atoms with Gasteiger partial charge in [0, 0.05) is 30.4 Å². The molecule has 2 N–H and O–H groups in total. The third-order valence-electron chi connectivity index (χ3n) is 4.59. The van der Waals surface area contributed by atoms with Crippen molar-refractivity contribution in [3.8, 4) is 11.6 Å². The topological polar surface area (TPSA) is 107 Å². The fourth-order valence-electron chi connectivity index (χ4n) is 3.06. The summed E-state index contributed by atoms with van der Waals surface area (Å²) in [6.07, 6.45) is 1.61. The molecule has 8 nitrogen and oxygen atoms in total. The number of nitrogens with zero attached hydrogens (tertiary/aromatic N) is 1. The molecule has 33 heavy (non-hydrogen) atoms. The average Bonchev–Trinajstić information content (AvgIpc) is 2.81. The van der Waals surface area contributed by atoms with Gasteiger partial charge in [-0.1, -0.05) is 30.3 Å². The standard InChI is InChI=1S/C24H27N3O5S/c1-17(2)27-33(29,30)22-14-20(9-10-21(22)31-3)24(28)26-15-19-11-12-25-23(13-19)32-16-18-7-5-4-6-8-18/h4-14,17,27H,15-16H2,1-3H3,(H,26,28). The number of pyridine rings is 1. The van der Waals surface area contributed by atoms with E-state index in [0.717, 1.165) is 11.1 Å². The normalized spacial score (nSPS) is 11.3. The molecule has 1 heterocycles. The lowest BCUT2D eigenvalue weighted by Gasteiger charge is -2.14. The van der Waals surface area contributed by atoms with Crippen molar-refractivity contribution in [2.75, 3.05) is 7.11 Å². The smallest absolute Gasteiger partial charge is 0.251 e. The maximum absolute atomic E-state index is 12.7. The summed E-state index contributed by atoms with van der Waals surface area (Å²) >= 11 is 0. The monoisotopic (exact) mass is 469 g/mol. The Bertz CT molecular complexity index is 1200. The molecule has 0 fully saturated rings. The van der Waals surface area contributed by atoms with Crippen LogP contribution in [-0.4, -0.2) is 32.5 Å². The summed E-state index contributed by atoms with van der Waals surface area (Å²) in [5.74, 6) is 0.194. The van der Waals surface area contributed by atoms with E-state index in [-0.39, 0.29) is 28.8 Å². The van der Waals surface area contributed by atoms with Gasteiger partial charge in [-0.3, -0.25) is 4.79 Å². The molecule has 0 spiro atoms. The highest BCUT2D eigenvalue weighted by Crippen LogP contribution is 2.25. The van der Waals surface area contributed by atoms with Gasteiger partial charge in [0.15, 0.2) is 0 Å². The van der Waals surface area contributed by atoms with Gasteiger partial charge in [-0.25, -0.2) is 18.1 Å². The number of methoxy groups -OCH3 is 1. The van der Waals surface area contributed by atoms with Crippen LogP contribution < -0.4 is 19.5 Å². The summed E-state index contributed by atoms with van der Waals surface area (Å²) in [7, 11) is -2.46. The number of aromatic nitrogens is 1. The largest absolute Gasteiger partial charge is 0.495 e. The lowest BCUT2D eigenvalue weighted by molar-refractivity contribution is 0.0950. The number of sulfonamides is 1. The first kappa shape index (κ1) is 24.2. The summed E-state index contributed by atoms with van der Waals surface area (Å²) in [5, 5.41) is 2.79. The molecule has 0 saturated carbocycles. The van der Waals surface area contributed by atoms with Crippen LogP contribution in [0.15, 0.2) is 71.8 Å². The number of hydrogen-bond donors (Lipinski definition) is 2. The average molecular weight is 470 g/mol. The van der Waals surface area contributed by atoms with Gasteiger partial charge >= 0.3 is 0 Å². The molecule has 3 rings (SSSR count). The zero-order chi connectivity index (χ0) is 23.8. The molecule has 1 amide bonds. The van der Waals surface area contributed by atoms with Gasteiger partial charge in [0.1, 0.15) is 17.3 Å². The van der Waals surface area contributed by atoms with Crippen molar-refractivity contribution in [2.45, 2.75) is 37.9 Å². The van der Waals surface area contributed by atoms with Crippen molar-refractivity contribution in [3.63, 3.8) is 0 Å². The molecule has 0 bridgehead atoms. The molecular formula is C24H27N3O5S. The number of rotatable bonds is 10. The molecule has 0 saturated heterocycles. The highest BCUT2D eigenvalue weighted by molar-refractivity contribution is 7.89. The number of amides is 1. The molecule has 0 unspecified atom stereocenters. The number of hydrogen-bond acceptors (Lipinski definition) is 6. The number of nitrogens with one attached hydrogen (secondary N) is 2. The van der Waals surface area contributed by atoms with Crippen LogP contribution in [0.1, 0.15) is 35.3 Å². The van der Waals surface area contributed by atoms with Crippen molar-refractivity contribution in [1.29, 1.82) is 0 Å². The maximum atomic E-state index is 12.7. The van der Waals surface area contributed by atoms with Crippen LogP contribution in [0.5, 0.6) is 11.6 Å². The molecule has 0 radical (unpaired) electrons. The van der Waals surface area contributed by atoms with Crippen LogP contribution in [0.25, 0.3) is 0 Å². The van der Waals surface area contributed by atoms with E-state index < -0.39 is 15.9 Å².